The zero-order valence-corrected chi connectivity index (χ0v) is 12.0. The van der Waals surface area contributed by atoms with Gasteiger partial charge in [0.05, 0.1) is 25.8 Å². The van der Waals surface area contributed by atoms with E-state index in [1.807, 2.05) is 6.92 Å². The second-order valence-corrected chi connectivity index (χ2v) is 5.28. The van der Waals surface area contributed by atoms with Gasteiger partial charge >= 0.3 is 5.97 Å². The Labute approximate surface area is 121 Å². The average molecular weight is 291 g/mol. The van der Waals surface area contributed by atoms with Crippen molar-refractivity contribution in [1.82, 2.24) is 15.1 Å². The fourth-order valence-electron chi connectivity index (χ4n) is 2.66. The molecule has 3 rings (SSSR count). The summed E-state index contributed by atoms with van der Waals surface area (Å²) >= 11 is 0. The third-order valence-corrected chi connectivity index (χ3v) is 3.75. The summed E-state index contributed by atoms with van der Waals surface area (Å²) in [6.45, 7) is 4.01. The van der Waals surface area contributed by atoms with Crippen molar-refractivity contribution in [3.8, 4) is 11.7 Å². The number of ether oxygens (including phenoxy) is 1. The topological polar surface area (TPSA) is 81.6 Å². The number of esters is 1. The molecule has 2 aromatic heterocycles. The minimum atomic E-state index is -0.160. The van der Waals surface area contributed by atoms with Crippen LogP contribution in [0.5, 0.6) is 0 Å². The maximum absolute atomic E-state index is 11.7. The van der Waals surface area contributed by atoms with Gasteiger partial charge in [-0.05, 0) is 18.1 Å². The fourth-order valence-corrected chi connectivity index (χ4v) is 2.66. The monoisotopic (exact) mass is 291 g/mol. The predicted octanol–water partition coefficient (Wildman–Crippen LogP) is 1.57. The van der Waals surface area contributed by atoms with Gasteiger partial charge in [-0.2, -0.15) is 0 Å². The number of aromatic nitrogens is 2. The Morgan fingerprint density at radius 1 is 1.48 bits per heavy atom. The predicted molar refractivity (Wildman–Crippen MR) is 71.9 cm³/mol. The first-order valence-corrected chi connectivity index (χ1v) is 6.84. The molecule has 0 saturated carbocycles. The average Bonchev–Trinajstić information content (AvgIpc) is 3.18. The molecule has 0 aromatic carbocycles. The standard InChI is InChI=1S/C14H17N3O4/c1-9-6-17(7-10(9)14(18)19-2)8-12-15-16-13(21-12)11-4-3-5-20-11/h3-5,9-10H,6-8H2,1-2H3. The van der Waals surface area contributed by atoms with Gasteiger partial charge in [-0.15, -0.1) is 10.2 Å². The van der Waals surface area contributed by atoms with Crippen LogP contribution in [0, 0.1) is 11.8 Å². The van der Waals surface area contributed by atoms with Crippen LogP contribution in [0.2, 0.25) is 0 Å². The molecule has 1 saturated heterocycles. The van der Waals surface area contributed by atoms with E-state index >= 15 is 0 Å². The Balaban J connectivity index is 1.64. The van der Waals surface area contributed by atoms with Gasteiger partial charge in [-0.1, -0.05) is 6.92 Å². The van der Waals surface area contributed by atoms with Crippen LogP contribution in [0.3, 0.4) is 0 Å². The SMILES string of the molecule is COC(=O)C1CN(Cc2nnc(-c3ccco3)o2)CC1C. The quantitative estimate of drug-likeness (QED) is 0.791. The van der Waals surface area contributed by atoms with Crippen LogP contribution in [0.25, 0.3) is 11.7 Å². The molecule has 0 amide bonds. The molecular weight excluding hydrogens is 274 g/mol. The smallest absolute Gasteiger partial charge is 0.310 e. The number of furan rings is 1. The molecule has 3 heterocycles. The van der Waals surface area contributed by atoms with Crippen molar-refractivity contribution in [1.29, 1.82) is 0 Å². The summed E-state index contributed by atoms with van der Waals surface area (Å²) in [5, 5.41) is 7.98. The third kappa shape index (κ3) is 2.82. The number of likely N-dealkylation sites (tertiary alicyclic amines) is 1. The second-order valence-electron chi connectivity index (χ2n) is 5.28. The maximum Gasteiger partial charge on any atom is 0.310 e. The van der Waals surface area contributed by atoms with E-state index in [2.05, 4.69) is 15.1 Å². The number of carbonyl (C=O) groups excluding carboxylic acids is 1. The highest BCUT2D eigenvalue weighted by Crippen LogP contribution is 2.26. The highest BCUT2D eigenvalue weighted by molar-refractivity contribution is 5.73. The molecule has 2 atom stereocenters. The summed E-state index contributed by atoms with van der Waals surface area (Å²) in [4.78, 5) is 13.8. The summed E-state index contributed by atoms with van der Waals surface area (Å²) in [5.41, 5.74) is 0. The summed E-state index contributed by atoms with van der Waals surface area (Å²) < 4.78 is 15.6. The maximum atomic E-state index is 11.7. The lowest BCUT2D eigenvalue weighted by Gasteiger charge is -2.12. The molecule has 7 nitrogen and oxygen atoms in total. The first kappa shape index (κ1) is 13.8. The Morgan fingerprint density at radius 3 is 3.05 bits per heavy atom. The molecule has 7 heteroatoms. The van der Waals surface area contributed by atoms with E-state index in [9.17, 15) is 4.79 Å². The van der Waals surface area contributed by atoms with E-state index < -0.39 is 0 Å². The van der Waals surface area contributed by atoms with E-state index in [1.165, 1.54) is 7.11 Å². The van der Waals surface area contributed by atoms with E-state index in [-0.39, 0.29) is 17.8 Å². The van der Waals surface area contributed by atoms with E-state index in [0.29, 0.717) is 30.6 Å². The second kappa shape index (κ2) is 5.69. The summed E-state index contributed by atoms with van der Waals surface area (Å²) in [5.74, 6) is 1.43. The van der Waals surface area contributed by atoms with Crippen LogP contribution in [0.15, 0.2) is 27.2 Å². The lowest BCUT2D eigenvalue weighted by atomic mass is 9.99. The minimum absolute atomic E-state index is 0.0949. The summed E-state index contributed by atoms with van der Waals surface area (Å²) in [6.07, 6.45) is 1.56. The van der Waals surface area contributed by atoms with Crippen LogP contribution in [-0.2, 0) is 16.1 Å². The number of rotatable bonds is 4. The number of methoxy groups -OCH3 is 1. The Bertz CT molecular complexity index is 608. The Hall–Kier alpha value is -2.15. The van der Waals surface area contributed by atoms with Crippen molar-refractivity contribution in [2.24, 2.45) is 11.8 Å². The molecule has 0 radical (unpaired) electrons. The van der Waals surface area contributed by atoms with Crippen molar-refractivity contribution in [3.05, 3.63) is 24.3 Å². The molecule has 0 bridgehead atoms. The molecular formula is C14H17N3O4. The molecule has 1 fully saturated rings. The number of carbonyl (C=O) groups is 1. The van der Waals surface area contributed by atoms with Gasteiger partial charge < -0.3 is 13.6 Å². The van der Waals surface area contributed by atoms with Crippen LogP contribution in [-0.4, -0.2) is 41.3 Å². The van der Waals surface area contributed by atoms with E-state index in [4.69, 9.17) is 13.6 Å². The Kier molecular flexibility index (Phi) is 3.74. The van der Waals surface area contributed by atoms with Crippen LogP contribution >= 0.6 is 0 Å². The highest BCUT2D eigenvalue weighted by Gasteiger charge is 2.36. The van der Waals surface area contributed by atoms with Crippen LogP contribution in [0.4, 0.5) is 0 Å². The lowest BCUT2D eigenvalue weighted by molar-refractivity contribution is -0.146. The lowest BCUT2D eigenvalue weighted by Crippen LogP contribution is -2.24. The highest BCUT2D eigenvalue weighted by atomic mass is 16.5. The first-order chi connectivity index (χ1) is 10.2. The van der Waals surface area contributed by atoms with Crippen molar-refractivity contribution < 1.29 is 18.4 Å². The summed E-state index contributed by atoms with van der Waals surface area (Å²) in [6, 6.07) is 3.53. The number of hydrogen-bond acceptors (Lipinski definition) is 7. The van der Waals surface area contributed by atoms with Crippen molar-refractivity contribution in [2.45, 2.75) is 13.5 Å². The normalized spacial score (nSPS) is 22.6. The third-order valence-electron chi connectivity index (χ3n) is 3.75. The Morgan fingerprint density at radius 2 is 2.33 bits per heavy atom. The molecule has 2 unspecified atom stereocenters. The number of nitrogens with zero attached hydrogens (tertiary/aromatic N) is 3. The van der Waals surface area contributed by atoms with E-state index in [0.717, 1.165) is 6.54 Å². The van der Waals surface area contributed by atoms with Crippen LogP contribution in [0.1, 0.15) is 12.8 Å². The molecule has 112 valence electrons. The molecule has 1 aliphatic heterocycles. The van der Waals surface area contributed by atoms with Crippen LogP contribution < -0.4 is 0 Å². The fraction of sp³-hybridized carbons (Fsp3) is 0.500. The van der Waals surface area contributed by atoms with Gasteiger partial charge in [0.2, 0.25) is 5.89 Å². The van der Waals surface area contributed by atoms with Gasteiger partial charge in [0.1, 0.15) is 0 Å². The molecule has 21 heavy (non-hydrogen) atoms. The van der Waals surface area contributed by atoms with Gasteiger partial charge in [-0.3, -0.25) is 9.69 Å². The zero-order valence-electron chi connectivity index (χ0n) is 12.0. The largest absolute Gasteiger partial charge is 0.469 e. The first-order valence-electron chi connectivity index (χ1n) is 6.84. The van der Waals surface area contributed by atoms with Gasteiger partial charge in [0.15, 0.2) is 5.76 Å². The van der Waals surface area contributed by atoms with Gasteiger partial charge in [0.25, 0.3) is 5.89 Å². The minimum Gasteiger partial charge on any atom is -0.469 e. The molecule has 2 aromatic rings. The van der Waals surface area contributed by atoms with Crippen molar-refractivity contribution in [2.75, 3.05) is 20.2 Å². The van der Waals surface area contributed by atoms with Crippen molar-refractivity contribution in [3.63, 3.8) is 0 Å². The molecule has 1 aliphatic rings. The van der Waals surface area contributed by atoms with Gasteiger partial charge in [-0.25, -0.2) is 0 Å². The number of hydrogen-bond donors (Lipinski definition) is 0. The van der Waals surface area contributed by atoms with Crippen molar-refractivity contribution >= 4 is 5.97 Å². The van der Waals surface area contributed by atoms with E-state index in [1.54, 1.807) is 18.4 Å². The molecule has 0 N–H and O–H groups in total. The molecule has 0 spiro atoms. The molecule has 0 aliphatic carbocycles. The summed E-state index contributed by atoms with van der Waals surface area (Å²) in [7, 11) is 1.42. The zero-order chi connectivity index (χ0) is 14.8. The van der Waals surface area contributed by atoms with Gasteiger partial charge in [0, 0.05) is 13.1 Å².